The first-order valence-corrected chi connectivity index (χ1v) is 13.4. The molecule has 2 amide bonds. The van der Waals surface area contributed by atoms with Crippen molar-refractivity contribution >= 4 is 12.0 Å². The summed E-state index contributed by atoms with van der Waals surface area (Å²) < 4.78 is 6.56. The molecule has 6 rings (SSSR count). The van der Waals surface area contributed by atoms with Crippen LogP contribution in [0, 0.1) is 5.92 Å². The van der Waals surface area contributed by atoms with Crippen LogP contribution in [0.1, 0.15) is 24.0 Å². The van der Waals surface area contributed by atoms with Gasteiger partial charge in [-0.2, -0.15) is 5.10 Å². The van der Waals surface area contributed by atoms with Crippen molar-refractivity contribution in [2.75, 3.05) is 26.7 Å². The summed E-state index contributed by atoms with van der Waals surface area (Å²) in [6.45, 7) is 3.22. The average Bonchev–Trinajstić information content (AvgIpc) is 2.98. The number of amides is 2. The summed E-state index contributed by atoms with van der Waals surface area (Å²) >= 11 is 0. The number of urea groups is 1. The second-order valence-electron chi connectivity index (χ2n) is 10.5. The molecule has 1 aromatic carbocycles. The van der Waals surface area contributed by atoms with Gasteiger partial charge in [-0.15, -0.1) is 0 Å². The number of rotatable bonds is 9. The molecule has 3 saturated heterocycles. The number of nitrogens with zero attached hydrogens (tertiary/aromatic N) is 5. The lowest BCUT2D eigenvalue weighted by molar-refractivity contribution is -0.139. The van der Waals surface area contributed by atoms with Gasteiger partial charge in [-0.25, -0.2) is 14.3 Å². The molecule has 210 valence electrons. The molecule has 5 heterocycles. The third-order valence-corrected chi connectivity index (χ3v) is 7.96. The van der Waals surface area contributed by atoms with Crippen LogP contribution in [0.25, 0.3) is 11.1 Å². The highest BCUT2D eigenvalue weighted by Gasteiger charge is 2.40. The van der Waals surface area contributed by atoms with Gasteiger partial charge >= 0.3 is 12.0 Å². The number of aliphatic carboxylic acids is 1. The molecule has 0 spiro atoms. The molecule has 40 heavy (non-hydrogen) atoms. The number of benzene rings is 1. The molecule has 11 heteroatoms. The fraction of sp³-hybridized carbons (Fsp3) is 0.414. The van der Waals surface area contributed by atoms with Crippen molar-refractivity contribution in [3.05, 3.63) is 76.5 Å². The van der Waals surface area contributed by atoms with Gasteiger partial charge < -0.3 is 25.0 Å². The maximum atomic E-state index is 13.7. The van der Waals surface area contributed by atoms with Crippen molar-refractivity contribution in [2.24, 2.45) is 13.0 Å². The number of hydrogen-bond donors (Lipinski definition) is 2. The number of carbonyl (C=O) groups is 2. The number of piperidine rings is 3. The van der Waals surface area contributed by atoms with Crippen molar-refractivity contribution in [3.8, 4) is 16.9 Å². The maximum absolute atomic E-state index is 13.7. The summed E-state index contributed by atoms with van der Waals surface area (Å²) in [5.41, 5.74) is 2.31. The van der Waals surface area contributed by atoms with Gasteiger partial charge in [-0.1, -0.05) is 30.3 Å². The number of aryl methyl sites for hydroxylation is 1. The number of hydrogen-bond acceptors (Lipinski definition) is 7. The number of methoxy groups -OCH3 is 1. The van der Waals surface area contributed by atoms with Crippen LogP contribution in [0.15, 0.2) is 59.8 Å². The molecule has 2 aromatic heterocycles. The molecule has 0 aliphatic carbocycles. The fourth-order valence-corrected chi connectivity index (χ4v) is 5.73. The highest BCUT2D eigenvalue weighted by atomic mass is 16.5. The molecule has 3 fully saturated rings. The highest BCUT2D eigenvalue weighted by molar-refractivity contribution is 5.83. The van der Waals surface area contributed by atoms with Crippen LogP contribution in [0.4, 0.5) is 4.79 Å². The lowest BCUT2D eigenvalue weighted by atomic mass is 9.83. The zero-order chi connectivity index (χ0) is 28.2. The van der Waals surface area contributed by atoms with E-state index in [0.717, 1.165) is 38.0 Å². The molecule has 11 nitrogen and oxygen atoms in total. The minimum atomic E-state index is -1.13. The number of ether oxygens (including phenoxy) is 1. The van der Waals surface area contributed by atoms with Gasteiger partial charge in [0.05, 0.1) is 18.9 Å². The van der Waals surface area contributed by atoms with Gasteiger partial charge in [0.1, 0.15) is 6.04 Å². The summed E-state index contributed by atoms with van der Waals surface area (Å²) in [4.78, 5) is 47.0. The zero-order valence-corrected chi connectivity index (χ0v) is 22.7. The van der Waals surface area contributed by atoms with Crippen molar-refractivity contribution in [2.45, 2.75) is 37.9 Å². The van der Waals surface area contributed by atoms with E-state index in [0.29, 0.717) is 34.9 Å². The minimum Gasteiger partial charge on any atom is -0.494 e. The molecule has 3 aromatic rings. The second kappa shape index (κ2) is 11.9. The monoisotopic (exact) mass is 546 g/mol. The van der Waals surface area contributed by atoms with Crippen molar-refractivity contribution < 1.29 is 19.4 Å². The van der Waals surface area contributed by atoms with E-state index in [-0.39, 0.29) is 18.0 Å². The average molecular weight is 547 g/mol. The Balaban J connectivity index is 1.34. The summed E-state index contributed by atoms with van der Waals surface area (Å²) in [5.74, 6) is -0.369. The largest absolute Gasteiger partial charge is 0.494 e. The van der Waals surface area contributed by atoms with Crippen molar-refractivity contribution in [1.29, 1.82) is 0 Å². The molecular weight excluding hydrogens is 512 g/mol. The van der Waals surface area contributed by atoms with Gasteiger partial charge in [-0.3, -0.25) is 9.78 Å². The molecule has 0 saturated carbocycles. The smallest absolute Gasteiger partial charge is 0.326 e. The number of aromatic nitrogens is 3. The number of carboxylic acids is 1. The van der Waals surface area contributed by atoms with E-state index >= 15 is 0 Å². The van der Waals surface area contributed by atoms with E-state index in [1.807, 2.05) is 12.1 Å². The summed E-state index contributed by atoms with van der Waals surface area (Å²) in [5, 5.41) is 16.8. The summed E-state index contributed by atoms with van der Waals surface area (Å²) in [6, 6.07) is 9.27. The Morgan fingerprint density at radius 1 is 1.15 bits per heavy atom. The van der Waals surface area contributed by atoms with Crippen LogP contribution >= 0.6 is 0 Å². The predicted molar refractivity (Wildman–Crippen MR) is 148 cm³/mol. The van der Waals surface area contributed by atoms with E-state index < -0.39 is 18.0 Å². The number of fused-ring (bicyclic) bond motifs is 3. The van der Waals surface area contributed by atoms with Crippen LogP contribution in [0.3, 0.4) is 0 Å². The quantitative estimate of drug-likeness (QED) is 0.418. The van der Waals surface area contributed by atoms with E-state index in [1.165, 1.54) is 18.0 Å². The molecule has 1 unspecified atom stereocenters. The topological polar surface area (TPSA) is 130 Å². The Kier molecular flexibility index (Phi) is 8.11. The van der Waals surface area contributed by atoms with Crippen LogP contribution in [0.2, 0.25) is 0 Å². The van der Waals surface area contributed by atoms with E-state index in [4.69, 9.17) is 4.74 Å². The molecule has 2 bridgehead atoms. The minimum absolute atomic E-state index is 0.00870. The molecule has 2 N–H and O–H groups in total. The maximum Gasteiger partial charge on any atom is 0.326 e. The Bertz CT molecular complexity index is 1400. The number of pyridine rings is 1. The van der Waals surface area contributed by atoms with Gasteiger partial charge in [0.25, 0.3) is 5.56 Å². The van der Waals surface area contributed by atoms with E-state index in [2.05, 4.69) is 20.3 Å². The van der Waals surface area contributed by atoms with Crippen LogP contribution in [-0.4, -0.2) is 80.5 Å². The van der Waals surface area contributed by atoms with E-state index in [9.17, 15) is 19.5 Å². The lowest BCUT2D eigenvalue weighted by Gasteiger charge is -2.49. The van der Waals surface area contributed by atoms with Crippen molar-refractivity contribution in [1.82, 2.24) is 29.9 Å². The Morgan fingerprint density at radius 2 is 1.90 bits per heavy atom. The molecule has 0 radical (unpaired) electrons. The number of carbonyl (C=O) groups excluding carboxylic acids is 1. The Morgan fingerprint density at radius 3 is 2.50 bits per heavy atom. The van der Waals surface area contributed by atoms with Crippen LogP contribution in [-0.2, 0) is 24.8 Å². The third kappa shape index (κ3) is 5.84. The first kappa shape index (κ1) is 27.3. The number of nitrogens with one attached hydrogen (secondary N) is 1. The standard InChI is InChI=1S/C29H34N6O5/c1-33-27(36)26(25(40-2)16-31-33)22-7-5-19(6-8-22)14-23(28(37)38)32-29(39)35(17-20-4-3-11-30-15-20)24-18-34-12-9-21(24)10-13-34/h3-8,11,15-16,21,23-24H,9-10,12-14,17-18H2,1-2H3,(H,32,39)(H,37,38)/t23-,24?/m0/s1. The van der Waals surface area contributed by atoms with Gasteiger partial charge in [0.15, 0.2) is 5.75 Å². The summed E-state index contributed by atoms with van der Waals surface area (Å²) in [6.07, 6.45) is 7.06. The first-order valence-electron chi connectivity index (χ1n) is 13.4. The number of carboxylic acid groups (broad SMARTS) is 1. The van der Waals surface area contributed by atoms with Crippen molar-refractivity contribution in [3.63, 3.8) is 0 Å². The zero-order valence-electron chi connectivity index (χ0n) is 22.7. The molecular formula is C29H34N6O5. The molecule has 3 aliphatic rings. The fourth-order valence-electron chi connectivity index (χ4n) is 5.73. The Labute approximate surface area is 232 Å². The SMILES string of the molecule is COc1cnn(C)c(=O)c1-c1ccc(C[C@H](NC(=O)N(Cc2cccnc2)C2CN3CCC2CC3)C(=O)O)cc1. The van der Waals surface area contributed by atoms with Gasteiger partial charge in [-0.05, 0) is 54.6 Å². The highest BCUT2D eigenvalue weighted by Crippen LogP contribution is 2.32. The molecule has 3 aliphatic heterocycles. The normalized spacial score (nSPS) is 20.5. The third-order valence-electron chi connectivity index (χ3n) is 7.96. The van der Waals surface area contributed by atoms with Crippen LogP contribution in [0.5, 0.6) is 5.75 Å². The Hall–Kier alpha value is -4.25. The van der Waals surface area contributed by atoms with Crippen LogP contribution < -0.4 is 15.6 Å². The summed E-state index contributed by atoms with van der Waals surface area (Å²) in [7, 11) is 3.04. The van der Waals surface area contributed by atoms with Gasteiger partial charge in [0.2, 0.25) is 0 Å². The predicted octanol–water partition coefficient (Wildman–Crippen LogP) is 2.15. The molecule has 2 atom stereocenters. The van der Waals surface area contributed by atoms with E-state index in [1.54, 1.807) is 48.6 Å². The van der Waals surface area contributed by atoms with Gasteiger partial charge in [0, 0.05) is 45.0 Å². The lowest BCUT2D eigenvalue weighted by Crippen LogP contribution is -2.61. The second-order valence-corrected chi connectivity index (χ2v) is 10.5. The first-order chi connectivity index (χ1) is 19.3.